The highest BCUT2D eigenvalue weighted by atomic mass is 16.5. The second-order valence-corrected chi connectivity index (χ2v) is 7.14. The molecule has 4 nitrogen and oxygen atoms in total. The summed E-state index contributed by atoms with van der Waals surface area (Å²) in [5.74, 6) is 0.773. The second kappa shape index (κ2) is 10.4. The van der Waals surface area contributed by atoms with Crippen LogP contribution >= 0.6 is 0 Å². The topological polar surface area (TPSA) is 47.6 Å². The van der Waals surface area contributed by atoms with Crippen molar-refractivity contribution in [1.29, 1.82) is 0 Å². The Kier molecular flexibility index (Phi) is 8.98. The van der Waals surface area contributed by atoms with Crippen molar-refractivity contribution in [1.82, 2.24) is 0 Å². The molecule has 1 atom stereocenters. The van der Waals surface area contributed by atoms with Crippen molar-refractivity contribution in [2.75, 3.05) is 11.9 Å². The lowest BCUT2D eigenvalue weighted by molar-refractivity contribution is -0.140. The van der Waals surface area contributed by atoms with E-state index in [4.69, 9.17) is 9.47 Å². The molecule has 0 aliphatic rings. The summed E-state index contributed by atoms with van der Waals surface area (Å²) in [5, 5.41) is 3.02. The Labute approximate surface area is 153 Å². The Morgan fingerprint density at radius 1 is 1.20 bits per heavy atom. The van der Waals surface area contributed by atoms with Gasteiger partial charge in [-0.25, -0.2) is 0 Å². The first-order valence-corrected chi connectivity index (χ1v) is 9.55. The molecule has 4 heteroatoms. The molecule has 0 saturated heterocycles. The maximum Gasteiger partial charge on any atom is 0.256 e. The number of rotatable bonds is 11. The summed E-state index contributed by atoms with van der Waals surface area (Å²) in [6.07, 6.45) is 4.99. The number of carbonyl (C=O) groups excluding carboxylic acids is 1. The Bertz CT molecular complexity index is 542. The summed E-state index contributed by atoms with van der Waals surface area (Å²) < 4.78 is 11.7. The van der Waals surface area contributed by atoms with Crippen LogP contribution in [0.4, 0.5) is 5.69 Å². The Morgan fingerprint density at radius 2 is 1.92 bits per heavy atom. The van der Waals surface area contributed by atoms with E-state index in [1.807, 2.05) is 45.9 Å². The van der Waals surface area contributed by atoms with Gasteiger partial charge < -0.3 is 14.8 Å². The molecule has 0 saturated carbocycles. The van der Waals surface area contributed by atoms with Crippen LogP contribution in [0.5, 0.6) is 5.75 Å². The first-order chi connectivity index (χ1) is 11.8. The van der Waals surface area contributed by atoms with Gasteiger partial charge in [0.05, 0.1) is 6.10 Å². The van der Waals surface area contributed by atoms with Gasteiger partial charge in [-0.15, -0.1) is 0 Å². The molecule has 0 heterocycles. The molecule has 0 aromatic heterocycles. The van der Waals surface area contributed by atoms with E-state index in [1.165, 1.54) is 0 Å². The third kappa shape index (κ3) is 7.07. The number of unbranched alkanes of at least 4 members (excludes halogenated alkanes) is 2. The number of hydrogen-bond acceptors (Lipinski definition) is 3. The number of benzene rings is 1. The SMILES string of the molecule is CCCCCC(C)(OCCC)C(=O)Nc1ccc(OC(C)C)c(C)c1. The van der Waals surface area contributed by atoms with Gasteiger partial charge >= 0.3 is 0 Å². The monoisotopic (exact) mass is 349 g/mol. The van der Waals surface area contributed by atoms with Crippen molar-refractivity contribution in [2.24, 2.45) is 0 Å². The first kappa shape index (κ1) is 21.5. The Balaban J connectivity index is 2.82. The minimum Gasteiger partial charge on any atom is -0.491 e. The van der Waals surface area contributed by atoms with Gasteiger partial charge in [-0.3, -0.25) is 4.79 Å². The molecule has 0 aliphatic carbocycles. The second-order valence-electron chi connectivity index (χ2n) is 7.14. The predicted molar refractivity (Wildman–Crippen MR) is 104 cm³/mol. The van der Waals surface area contributed by atoms with Crippen molar-refractivity contribution in [3.05, 3.63) is 23.8 Å². The van der Waals surface area contributed by atoms with E-state index >= 15 is 0 Å². The molecule has 1 unspecified atom stereocenters. The third-order valence-corrected chi connectivity index (χ3v) is 4.16. The van der Waals surface area contributed by atoms with E-state index in [0.29, 0.717) is 6.61 Å². The fraction of sp³-hybridized carbons (Fsp3) is 0.667. The summed E-state index contributed by atoms with van der Waals surface area (Å²) in [6, 6.07) is 5.74. The zero-order valence-corrected chi connectivity index (χ0v) is 16.8. The number of ether oxygens (including phenoxy) is 2. The molecular formula is C21H35NO3. The van der Waals surface area contributed by atoms with Crippen LogP contribution < -0.4 is 10.1 Å². The van der Waals surface area contributed by atoms with Crippen molar-refractivity contribution in [3.63, 3.8) is 0 Å². The number of carbonyl (C=O) groups is 1. The Hall–Kier alpha value is -1.55. The van der Waals surface area contributed by atoms with Crippen LogP contribution in [-0.4, -0.2) is 24.2 Å². The van der Waals surface area contributed by atoms with Gasteiger partial charge in [0.1, 0.15) is 11.4 Å². The molecule has 1 rings (SSSR count). The summed E-state index contributed by atoms with van der Waals surface area (Å²) in [7, 11) is 0. The molecule has 25 heavy (non-hydrogen) atoms. The average molecular weight is 350 g/mol. The van der Waals surface area contributed by atoms with Crippen LogP contribution in [-0.2, 0) is 9.53 Å². The van der Waals surface area contributed by atoms with E-state index in [9.17, 15) is 4.79 Å². The molecule has 1 aromatic carbocycles. The van der Waals surface area contributed by atoms with Crippen LogP contribution in [0.1, 0.15) is 72.3 Å². The quantitative estimate of drug-likeness (QED) is 0.538. The van der Waals surface area contributed by atoms with Crippen LogP contribution in [0, 0.1) is 6.92 Å². The number of hydrogen-bond donors (Lipinski definition) is 1. The number of aryl methyl sites for hydroxylation is 1. The molecule has 0 radical (unpaired) electrons. The predicted octanol–water partition coefficient (Wildman–Crippen LogP) is 5.49. The van der Waals surface area contributed by atoms with Gasteiger partial charge in [0.15, 0.2) is 0 Å². The molecule has 1 amide bonds. The molecular weight excluding hydrogens is 314 g/mol. The van der Waals surface area contributed by atoms with Crippen molar-refractivity contribution < 1.29 is 14.3 Å². The lowest BCUT2D eigenvalue weighted by Crippen LogP contribution is -2.43. The van der Waals surface area contributed by atoms with E-state index < -0.39 is 5.60 Å². The highest BCUT2D eigenvalue weighted by Crippen LogP contribution is 2.26. The van der Waals surface area contributed by atoms with Gasteiger partial charge in [0.2, 0.25) is 0 Å². The van der Waals surface area contributed by atoms with Crippen LogP contribution in [0.2, 0.25) is 0 Å². The normalized spacial score (nSPS) is 13.6. The molecule has 1 aromatic rings. The van der Waals surface area contributed by atoms with Crippen LogP contribution in [0.25, 0.3) is 0 Å². The van der Waals surface area contributed by atoms with E-state index in [0.717, 1.165) is 49.1 Å². The lowest BCUT2D eigenvalue weighted by Gasteiger charge is -2.29. The maximum atomic E-state index is 12.8. The summed E-state index contributed by atoms with van der Waals surface area (Å²) in [6.45, 7) is 12.7. The molecule has 0 bridgehead atoms. The number of amides is 1. The van der Waals surface area contributed by atoms with Crippen molar-refractivity contribution in [2.45, 2.75) is 85.4 Å². The highest BCUT2D eigenvalue weighted by Gasteiger charge is 2.33. The Morgan fingerprint density at radius 3 is 2.48 bits per heavy atom. The average Bonchev–Trinajstić information content (AvgIpc) is 2.55. The van der Waals surface area contributed by atoms with E-state index in [2.05, 4.69) is 19.2 Å². The highest BCUT2D eigenvalue weighted by molar-refractivity contribution is 5.97. The first-order valence-electron chi connectivity index (χ1n) is 9.55. The zero-order chi connectivity index (χ0) is 18.9. The van der Waals surface area contributed by atoms with Gasteiger partial charge in [-0.05, 0) is 64.3 Å². The third-order valence-electron chi connectivity index (χ3n) is 4.16. The zero-order valence-electron chi connectivity index (χ0n) is 16.8. The van der Waals surface area contributed by atoms with Gasteiger partial charge in [-0.1, -0.05) is 33.1 Å². The molecule has 0 aliphatic heterocycles. The van der Waals surface area contributed by atoms with E-state index in [-0.39, 0.29) is 12.0 Å². The minimum atomic E-state index is -0.786. The van der Waals surface area contributed by atoms with Crippen molar-refractivity contribution >= 4 is 11.6 Å². The number of anilines is 1. The minimum absolute atomic E-state index is 0.0750. The molecule has 0 fully saturated rings. The molecule has 1 N–H and O–H groups in total. The molecule has 142 valence electrons. The molecule has 0 spiro atoms. The van der Waals surface area contributed by atoms with Gasteiger partial charge in [0, 0.05) is 12.3 Å². The van der Waals surface area contributed by atoms with E-state index in [1.54, 1.807) is 0 Å². The van der Waals surface area contributed by atoms with Crippen LogP contribution in [0.3, 0.4) is 0 Å². The number of nitrogens with one attached hydrogen (secondary N) is 1. The summed E-state index contributed by atoms with van der Waals surface area (Å²) in [4.78, 5) is 12.8. The maximum absolute atomic E-state index is 12.8. The lowest BCUT2D eigenvalue weighted by atomic mass is 9.96. The van der Waals surface area contributed by atoms with Gasteiger partial charge in [-0.2, -0.15) is 0 Å². The fourth-order valence-corrected chi connectivity index (χ4v) is 2.67. The van der Waals surface area contributed by atoms with Crippen molar-refractivity contribution in [3.8, 4) is 5.75 Å². The van der Waals surface area contributed by atoms with Crippen LogP contribution in [0.15, 0.2) is 18.2 Å². The summed E-state index contributed by atoms with van der Waals surface area (Å²) >= 11 is 0. The largest absolute Gasteiger partial charge is 0.491 e. The van der Waals surface area contributed by atoms with Gasteiger partial charge in [0.25, 0.3) is 5.91 Å². The standard InChI is InChI=1S/C21H35NO3/c1-7-9-10-13-21(6,24-14-8-2)20(23)22-18-11-12-19(17(5)15-18)25-16(3)4/h11-12,15-16H,7-10,13-14H2,1-6H3,(H,22,23). The summed E-state index contributed by atoms with van der Waals surface area (Å²) in [5.41, 5.74) is 1.00. The fourth-order valence-electron chi connectivity index (χ4n) is 2.67. The smallest absolute Gasteiger partial charge is 0.256 e.